The Labute approximate surface area is 208 Å². The van der Waals surface area contributed by atoms with Crippen LogP contribution in [0.25, 0.3) is 10.9 Å². The van der Waals surface area contributed by atoms with Gasteiger partial charge in [-0.3, -0.25) is 4.79 Å². The van der Waals surface area contributed by atoms with Crippen LogP contribution in [0.3, 0.4) is 0 Å². The minimum absolute atomic E-state index is 0.105. The van der Waals surface area contributed by atoms with Crippen molar-refractivity contribution in [3.05, 3.63) is 94.1 Å². The van der Waals surface area contributed by atoms with Crippen molar-refractivity contribution in [3.8, 4) is 11.5 Å². The number of aromatic nitrogens is 1. The van der Waals surface area contributed by atoms with Crippen LogP contribution in [0.5, 0.6) is 11.5 Å². The molecule has 1 fully saturated rings. The van der Waals surface area contributed by atoms with Crippen LogP contribution in [0.4, 0.5) is 0 Å². The van der Waals surface area contributed by atoms with Crippen molar-refractivity contribution < 1.29 is 14.3 Å². The molecule has 4 aromatic rings. The zero-order chi connectivity index (χ0) is 23.5. The number of aromatic amines is 1. The summed E-state index contributed by atoms with van der Waals surface area (Å²) in [6, 6.07) is 20.9. The number of carbonyl (C=O) groups is 1. The Morgan fingerprint density at radius 3 is 2.53 bits per heavy atom. The summed E-state index contributed by atoms with van der Waals surface area (Å²) in [5.74, 6) is 1.33. The first-order valence-corrected chi connectivity index (χ1v) is 12.0. The zero-order valence-electron chi connectivity index (χ0n) is 18.5. The van der Waals surface area contributed by atoms with E-state index in [4.69, 9.17) is 32.7 Å². The molecular weight excluding hydrogens is 471 g/mol. The number of benzene rings is 3. The molecule has 0 saturated carbocycles. The van der Waals surface area contributed by atoms with Crippen LogP contribution in [0.1, 0.15) is 23.5 Å². The van der Waals surface area contributed by atoms with Crippen LogP contribution >= 0.6 is 23.2 Å². The summed E-state index contributed by atoms with van der Waals surface area (Å²) in [5, 5.41) is 2.32. The molecule has 2 heterocycles. The third-order valence-corrected chi connectivity index (χ3v) is 6.59. The molecule has 0 radical (unpaired) electrons. The summed E-state index contributed by atoms with van der Waals surface area (Å²) in [4.78, 5) is 18.5. The van der Waals surface area contributed by atoms with Gasteiger partial charge in [0.25, 0.3) is 0 Å². The van der Waals surface area contributed by atoms with Gasteiger partial charge in [0.1, 0.15) is 11.5 Å². The molecule has 1 atom stereocenters. The maximum atomic E-state index is 13.3. The predicted molar refractivity (Wildman–Crippen MR) is 135 cm³/mol. The number of hydrogen-bond donors (Lipinski definition) is 1. The van der Waals surface area contributed by atoms with Gasteiger partial charge < -0.3 is 19.4 Å². The fraction of sp³-hybridized carbons (Fsp3) is 0.222. The lowest BCUT2D eigenvalue weighted by molar-refractivity contribution is -0.135. The average molecular weight is 495 g/mol. The van der Waals surface area contributed by atoms with E-state index in [9.17, 15) is 4.79 Å². The third kappa shape index (κ3) is 5.07. The van der Waals surface area contributed by atoms with E-state index in [0.717, 1.165) is 22.0 Å². The monoisotopic (exact) mass is 494 g/mol. The van der Waals surface area contributed by atoms with Crippen LogP contribution in [-0.2, 0) is 9.53 Å². The SMILES string of the molecule is O=C(C[C@H](c1cccc(Oc2ccc(Cl)cc2)c1)c1c[nH]c2ccc(Cl)cc12)N1CCOCC1. The second-order valence-corrected chi connectivity index (χ2v) is 9.19. The van der Waals surface area contributed by atoms with E-state index in [1.807, 2.05) is 65.7 Å². The van der Waals surface area contributed by atoms with Gasteiger partial charge in [0.05, 0.1) is 13.2 Å². The number of rotatable bonds is 6. The van der Waals surface area contributed by atoms with Gasteiger partial charge >= 0.3 is 0 Å². The van der Waals surface area contributed by atoms with Crippen LogP contribution in [-0.4, -0.2) is 42.1 Å². The van der Waals surface area contributed by atoms with Crippen molar-refractivity contribution in [2.75, 3.05) is 26.3 Å². The molecule has 34 heavy (non-hydrogen) atoms. The van der Waals surface area contributed by atoms with Crippen molar-refractivity contribution in [1.82, 2.24) is 9.88 Å². The number of amides is 1. The number of fused-ring (bicyclic) bond motifs is 1. The molecule has 174 valence electrons. The number of morpholine rings is 1. The lowest BCUT2D eigenvalue weighted by atomic mass is 9.87. The third-order valence-electron chi connectivity index (χ3n) is 6.10. The van der Waals surface area contributed by atoms with Crippen LogP contribution in [0.15, 0.2) is 72.9 Å². The van der Waals surface area contributed by atoms with Gasteiger partial charge in [-0.05, 0) is 65.7 Å². The fourth-order valence-electron chi connectivity index (χ4n) is 4.36. The lowest BCUT2D eigenvalue weighted by Gasteiger charge is -2.29. The van der Waals surface area contributed by atoms with Gasteiger partial charge in [0.2, 0.25) is 5.91 Å². The Balaban J connectivity index is 1.50. The molecule has 1 aromatic heterocycles. The molecular formula is C27H24Cl2N2O3. The van der Waals surface area contributed by atoms with Gasteiger partial charge in [-0.25, -0.2) is 0 Å². The molecule has 1 saturated heterocycles. The normalized spacial score (nSPS) is 14.8. The Kier molecular flexibility index (Phi) is 6.77. The molecule has 0 spiro atoms. The molecule has 1 aliphatic heterocycles. The summed E-state index contributed by atoms with van der Waals surface area (Å²) in [6.45, 7) is 2.38. The lowest BCUT2D eigenvalue weighted by Crippen LogP contribution is -2.41. The number of carbonyl (C=O) groups excluding carboxylic acids is 1. The van der Waals surface area contributed by atoms with E-state index in [1.165, 1.54) is 0 Å². The first-order chi connectivity index (χ1) is 16.6. The highest BCUT2D eigenvalue weighted by Crippen LogP contribution is 2.37. The Morgan fingerprint density at radius 2 is 1.74 bits per heavy atom. The maximum absolute atomic E-state index is 13.3. The Hall–Kier alpha value is -2.99. The molecule has 0 bridgehead atoms. The highest BCUT2D eigenvalue weighted by Gasteiger charge is 2.26. The van der Waals surface area contributed by atoms with Gasteiger partial charge in [-0.15, -0.1) is 0 Å². The molecule has 5 rings (SSSR count). The fourth-order valence-corrected chi connectivity index (χ4v) is 4.66. The van der Waals surface area contributed by atoms with Crippen molar-refractivity contribution >= 4 is 40.0 Å². The number of nitrogens with one attached hydrogen (secondary N) is 1. The quantitative estimate of drug-likeness (QED) is 0.326. The first kappa shape index (κ1) is 22.8. The summed E-state index contributed by atoms with van der Waals surface area (Å²) >= 11 is 12.3. The van der Waals surface area contributed by atoms with E-state index < -0.39 is 0 Å². The largest absolute Gasteiger partial charge is 0.457 e. The van der Waals surface area contributed by atoms with Gasteiger partial charge in [0, 0.05) is 52.6 Å². The van der Waals surface area contributed by atoms with Crippen molar-refractivity contribution in [2.45, 2.75) is 12.3 Å². The summed E-state index contributed by atoms with van der Waals surface area (Å²) in [7, 11) is 0. The molecule has 1 N–H and O–H groups in total. The highest BCUT2D eigenvalue weighted by atomic mass is 35.5. The molecule has 0 aliphatic carbocycles. The molecule has 7 heteroatoms. The number of H-pyrrole nitrogens is 1. The van der Waals surface area contributed by atoms with E-state index in [2.05, 4.69) is 4.98 Å². The standard InChI is InChI=1S/C27H24Cl2N2O3/c28-19-4-7-21(8-5-19)34-22-3-1-2-18(14-22)23(16-27(32)31-10-12-33-13-11-31)25-17-30-26-9-6-20(29)15-24(25)26/h1-9,14-15,17,23,30H,10-13,16H2/t23-/m1/s1. The second-order valence-electron chi connectivity index (χ2n) is 8.31. The Morgan fingerprint density at radius 1 is 0.971 bits per heavy atom. The number of halogens is 2. The highest BCUT2D eigenvalue weighted by molar-refractivity contribution is 6.31. The van der Waals surface area contributed by atoms with E-state index in [1.54, 1.807) is 12.1 Å². The zero-order valence-corrected chi connectivity index (χ0v) is 20.0. The van der Waals surface area contributed by atoms with Crippen LogP contribution < -0.4 is 4.74 Å². The van der Waals surface area contributed by atoms with Gasteiger partial charge in [-0.2, -0.15) is 0 Å². The predicted octanol–water partition coefficient (Wildman–Crippen LogP) is 6.65. The van der Waals surface area contributed by atoms with Crippen LogP contribution in [0, 0.1) is 0 Å². The second kappa shape index (κ2) is 10.1. The average Bonchev–Trinajstić information content (AvgIpc) is 3.27. The summed E-state index contributed by atoms with van der Waals surface area (Å²) in [6.07, 6.45) is 2.31. The van der Waals surface area contributed by atoms with Gasteiger partial charge in [-0.1, -0.05) is 35.3 Å². The maximum Gasteiger partial charge on any atom is 0.223 e. The molecule has 1 aliphatic rings. The first-order valence-electron chi connectivity index (χ1n) is 11.2. The van der Waals surface area contributed by atoms with Gasteiger partial charge in [0.15, 0.2) is 0 Å². The van der Waals surface area contributed by atoms with E-state index in [-0.39, 0.29) is 11.8 Å². The minimum Gasteiger partial charge on any atom is -0.457 e. The molecule has 0 unspecified atom stereocenters. The number of nitrogens with zero attached hydrogens (tertiary/aromatic N) is 1. The minimum atomic E-state index is -0.170. The van der Waals surface area contributed by atoms with E-state index in [0.29, 0.717) is 54.3 Å². The molecule has 5 nitrogen and oxygen atoms in total. The van der Waals surface area contributed by atoms with E-state index >= 15 is 0 Å². The van der Waals surface area contributed by atoms with Crippen molar-refractivity contribution in [3.63, 3.8) is 0 Å². The topological polar surface area (TPSA) is 54.6 Å². The smallest absolute Gasteiger partial charge is 0.223 e. The Bertz CT molecular complexity index is 1300. The van der Waals surface area contributed by atoms with Crippen molar-refractivity contribution in [2.24, 2.45) is 0 Å². The summed E-state index contributed by atoms with van der Waals surface area (Å²) in [5.41, 5.74) is 3.01. The van der Waals surface area contributed by atoms with Crippen molar-refractivity contribution in [1.29, 1.82) is 0 Å². The summed E-state index contributed by atoms with van der Waals surface area (Å²) < 4.78 is 11.5. The van der Waals surface area contributed by atoms with Crippen LogP contribution in [0.2, 0.25) is 10.0 Å². The number of ether oxygens (including phenoxy) is 2. The molecule has 1 amide bonds. The molecule has 3 aromatic carbocycles. The number of hydrogen-bond acceptors (Lipinski definition) is 3.